The van der Waals surface area contributed by atoms with E-state index in [1.165, 1.54) is 0 Å². The number of rotatable bonds is 5. The molecule has 94 valence electrons. The molecule has 3 heteroatoms. The normalized spacial score (nSPS) is 10.3. The maximum atomic E-state index is 10.8. The Morgan fingerprint density at radius 1 is 1.33 bits per heavy atom. The Bertz CT molecular complexity index is 517. The number of aryl methyl sites for hydroxylation is 1. The van der Waals surface area contributed by atoms with E-state index in [0.717, 1.165) is 42.0 Å². The van der Waals surface area contributed by atoms with Gasteiger partial charge in [-0.15, -0.1) is 0 Å². The number of furan rings is 1. The first kappa shape index (κ1) is 12.4. The van der Waals surface area contributed by atoms with Gasteiger partial charge in [0.05, 0.1) is 12.8 Å². The average Bonchev–Trinajstić information content (AvgIpc) is 2.88. The fraction of sp³-hybridized carbons (Fsp3) is 0.267. The lowest BCUT2D eigenvalue weighted by molar-refractivity contribution is 0.112. The summed E-state index contributed by atoms with van der Waals surface area (Å²) in [5, 5.41) is 0. The number of benzene rings is 1. The standard InChI is InChI=1S/C15H17NO2/c1-3-16(10-15-5-4-8-18-15)14-7-6-13(11-17)12(2)9-14/h4-9,11H,3,10H2,1-2H3. The van der Waals surface area contributed by atoms with Crippen molar-refractivity contribution < 1.29 is 9.21 Å². The Balaban J connectivity index is 2.22. The van der Waals surface area contributed by atoms with Crippen LogP contribution in [0.4, 0.5) is 5.69 Å². The molecule has 2 rings (SSSR count). The molecule has 0 aliphatic rings. The van der Waals surface area contributed by atoms with Crippen LogP contribution in [0.25, 0.3) is 0 Å². The predicted molar refractivity (Wildman–Crippen MR) is 72.0 cm³/mol. The third kappa shape index (κ3) is 2.62. The second kappa shape index (κ2) is 5.54. The largest absolute Gasteiger partial charge is 0.467 e. The molecule has 0 fully saturated rings. The highest BCUT2D eigenvalue weighted by Crippen LogP contribution is 2.20. The summed E-state index contributed by atoms with van der Waals surface area (Å²) in [5.74, 6) is 0.939. The molecule has 3 nitrogen and oxygen atoms in total. The maximum Gasteiger partial charge on any atom is 0.150 e. The highest BCUT2D eigenvalue weighted by molar-refractivity contribution is 5.78. The van der Waals surface area contributed by atoms with Crippen molar-refractivity contribution >= 4 is 12.0 Å². The van der Waals surface area contributed by atoms with E-state index in [9.17, 15) is 4.79 Å². The van der Waals surface area contributed by atoms with Gasteiger partial charge in [0, 0.05) is 17.8 Å². The van der Waals surface area contributed by atoms with Gasteiger partial charge < -0.3 is 9.32 Å². The Morgan fingerprint density at radius 3 is 2.72 bits per heavy atom. The number of carbonyl (C=O) groups excluding carboxylic acids is 1. The molecule has 2 aromatic rings. The van der Waals surface area contributed by atoms with Crippen LogP contribution in [-0.2, 0) is 6.54 Å². The van der Waals surface area contributed by atoms with E-state index >= 15 is 0 Å². The molecule has 0 atom stereocenters. The zero-order valence-electron chi connectivity index (χ0n) is 10.7. The average molecular weight is 243 g/mol. The zero-order valence-corrected chi connectivity index (χ0v) is 10.7. The van der Waals surface area contributed by atoms with E-state index < -0.39 is 0 Å². The van der Waals surface area contributed by atoms with Gasteiger partial charge in [0.15, 0.2) is 0 Å². The minimum Gasteiger partial charge on any atom is -0.467 e. The van der Waals surface area contributed by atoms with E-state index in [1.54, 1.807) is 6.26 Å². The van der Waals surface area contributed by atoms with Crippen LogP contribution in [-0.4, -0.2) is 12.8 Å². The quantitative estimate of drug-likeness (QED) is 0.754. The van der Waals surface area contributed by atoms with Crippen molar-refractivity contribution in [2.75, 3.05) is 11.4 Å². The minimum absolute atomic E-state index is 0.739. The third-order valence-corrected chi connectivity index (χ3v) is 3.05. The lowest BCUT2D eigenvalue weighted by Crippen LogP contribution is -2.21. The van der Waals surface area contributed by atoms with Crippen LogP contribution >= 0.6 is 0 Å². The molecule has 0 amide bonds. The Hall–Kier alpha value is -2.03. The molecule has 0 unspecified atom stereocenters. The van der Waals surface area contributed by atoms with E-state index in [2.05, 4.69) is 11.8 Å². The van der Waals surface area contributed by atoms with Gasteiger partial charge in [-0.3, -0.25) is 4.79 Å². The van der Waals surface area contributed by atoms with Crippen molar-refractivity contribution in [1.29, 1.82) is 0 Å². The molecule has 0 radical (unpaired) electrons. The van der Waals surface area contributed by atoms with Gasteiger partial charge in [-0.2, -0.15) is 0 Å². The smallest absolute Gasteiger partial charge is 0.150 e. The number of anilines is 1. The Morgan fingerprint density at radius 2 is 2.17 bits per heavy atom. The van der Waals surface area contributed by atoms with Crippen molar-refractivity contribution in [2.45, 2.75) is 20.4 Å². The van der Waals surface area contributed by atoms with E-state index in [1.807, 2.05) is 37.3 Å². The lowest BCUT2D eigenvalue weighted by atomic mass is 10.1. The summed E-state index contributed by atoms with van der Waals surface area (Å²) in [7, 11) is 0. The number of aldehydes is 1. The summed E-state index contributed by atoms with van der Waals surface area (Å²) in [4.78, 5) is 13.0. The fourth-order valence-corrected chi connectivity index (χ4v) is 1.97. The van der Waals surface area contributed by atoms with E-state index in [4.69, 9.17) is 4.42 Å². The first-order valence-corrected chi connectivity index (χ1v) is 6.07. The van der Waals surface area contributed by atoms with Crippen LogP contribution in [0, 0.1) is 6.92 Å². The maximum absolute atomic E-state index is 10.8. The van der Waals surface area contributed by atoms with Crippen LogP contribution in [0.15, 0.2) is 41.0 Å². The molecule has 0 aliphatic heterocycles. The molecule has 0 saturated carbocycles. The molecule has 1 aromatic heterocycles. The van der Waals surface area contributed by atoms with Gasteiger partial charge in [0.25, 0.3) is 0 Å². The molecule has 0 aliphatic carbocycles. The number of hydrogen-bond donors (Lipinski definition) is 0. The monoisotopic (exact) mass is 243 g/mol. The first-order valence-electron chi connectivity index (χ1n) is 6.07. The summed E-state index contributed by atoms with van der Waals surface area (Å²) >= 11 is 0. The molecular weight excluding hydrogens is 226 g/mol. The Kier molecular flexibility index (Phi) is 3.82. The molecule has 0 spiro atoms. The Labute approximate surface area is 107 Å². The zero-order chi connectivity index (χ0) is 13.0. The molecule has 1 aromatic carbocycles. The van der Waals surface area contributed by atoms with Crippen LogP contribution in [0.5, 0.6) is 0 Å². The number of carbonyl (C=O) groups is 1. The van der Waals surface area contributed by atoms with E-state index in [-0.39, 0.29) is 0 Å². The topological polar surface area (TPSA) is 33.5 Å². The molecule has 0 N–H and O–H groups in total. The summed E-state index contributed by atoms with van der Waals surface area (Å²) in [6, 6.07) is 9.74. The van der Waals surface area contributed by atoms with Gasteiger partial charge in [0.1, 0.15) is 12.0 Å². The molecule has 18 heavy (non-hydrogen) atoms. The highest BCUT2D eigenvalue weighted by Gasteiger charge is 2.08. The minimum atomic E-state index is 0.739. The van der Waals surface area contributed by atoms with Gasteiger partial charge in [-0.05, 0) is 49.7 Å². The number of nitrogens with zero attached hydrogens (tertiary/aromatic N) is 1. The summed E-state index contributed by atoms with van der Waals surface area (Å²) in [6.45, 7) is 5.68. The highest BCUT2D eigenvalue weighted by atomic mass is 16.3. The van der Waals surface area contributed by atoms with Crippen molar-refractivity contribution in [1.82, 2.24) is 0 Å². The SMILES string of the molecule is CCN(Cc1ccco1)c1ccc(C=O)c(C)c1. The number of hydrogen-bond acceptors (Lipinski definition) is 3. The molecule has 1 heterocycles. The van der Waals surface area contributed by atoms with Crippen molar-refractivity contribution in [3.05, 3.63) is 53.5 Å². The van der Waals surface area contributed by atoms with Gasteiger partial charge in [-0.25, -0.2) is 0 Å². The van der Waals surface area contributed by atoms with Gasteiger partial charge in [-0.1, -0.05) is 0 Å². The van der Waals surface area contributed by atoms with Crippen LogP contribution < -0.4 is 4.90 Å². The van der Waals surface area contributed by atoms with E-state index in [0.29, 0.717) is 0 Å². The van der Waals surface area contributed by atoms with Crippen LogP contribution in [0.3, 0.4) is 0 Å². The second-order valence-corrected chi connectivity index (χ2v) is 4.25. The van der Waals surface area contributed by atoms with Crippen LogP contribution in [0.1, 0.15) is 28.6 Å². The van der Waals surface area contributed by atoms with Crippen molar-refractivity contribution in [2.24, 2.45) is 0 Å². The van der Waals surface area contributed by atoms with Crippen LogP contribution in [0.2, 0.25) is 0 Å². The summed E-state index contributed by atoms with van der Waals surface area (Å²) in [6.07, 6.45) is 2.58. The van der Waals surface area contributed by atoms with Gasteiger partial charge in [0.2, 0.25) is 0 Å². The van der Waals surface area contributed by atoms with Crippen molar-refractivity contribution in [3.63, 3.8) is 0 Å². The second-order valence-electron chi connectivity index (χ2n) is 4.25. The molecule has 0 saturated heterocycles. The summed E-state index contributed by atoms with van der Waals surface area (Å²) < 4.78 is 5.36. The summed E-state index contributed by atoms with van der Waals surface area (Å²) in [5.41, 5.74) is 2.85. The third-order valence-electron chi connectivity index (χ3n) is 3.05. The van der Waals surface area contributed by atoms with Gasteiger partial charge >= 0.3 is 0 Å². The molecular formula is C15H17NO2. The lowest BCUT2D eigenvalue weighted by Gasteiger charge is -2.22. The molecule has 0 bridgehead atoms. The fourth-order valence-electron chi connectivity index (χ4n) is 1.97. The van der Waals surface area contributed by atoms with Crippen molar-refractivity contribution in [3.8, 4) is 0 Å². The first-order chi connectivity index (χ1) is 8.74. The predicted octanol–water partition coefficient (Wildman–Crippen LogP) is 3.43.